The molecule has 2 unspecified atom stereocenters. The number of pyridine rings is 1. The van der Waals surface area contributed by atoms with Crippen molar-refractivity contribution in [1.29, 1.82) is 0 Å². The Kier molecular flexibility index (Phi) is 11.7. The number of nitrogen functional groups attached to an aromatic ring is 1. The van der Waals surface area contributed by atoms with E-state index in [9.17, 15) is 13.8 Å². The number of benzene rings is 3. The summed E-state index contributed by atoms with van der Waals surface area (Å²) in [6, 6.07) is 20.3. The van der Waals surface area contributed by atoms with Crippen LogP contribution in [-0.2, 0) is 31.7 Å². The lowest BCUT2D eigenvalue weighted by atomic mass is 9.93. The molecule has 0 radical (unpaired) electrons. The number of rotatable bonds is 13. The van der Waals surface area contributed by atoms with Crippen molar-refractivity contribution in [3.8, 4) is 0 Å². The SMILES string of the molecule is CN(C=O)Cc1cc(NC=O)ccc1S(=O)C1CC1.COCC(C)c1ccc([C@H](C)Nc2ccc3c(N)nccc3c2)cc1C. The summed E-state index contributed by atoms with van der Waals surface area (Å²) in [6.07, 6.45) is 5.05. The van der Waals surface area contributed by atoms with Gasteiger partial charge in [-0.15, -0.1) is 0 Å². The molecule has 1 heterocycles. The van der Waals surface area contributed by atoms with E-state index >= 15 is 0 Å². The van der Waals surface area contributed by atoms with Crippen molar-refractivity contribution >= 4 is 51.6 Å². The summed E-state index contributed by atoms with van der Waals surface area (Å²) in [7, 11) is 2.39. The fourth-order valence-electron chi connectivity index (χ4n) is 5.31. The largest absolute Gasteiger partial charge is 0.384 e. The maximum absolute atomic E-state index is 12.3. The van der Waals surface area contributed by atoms with Gasteiger partial charge in [0, 0.05) is 65.8 Å². The van der Waals surface area contributed by atoms with Crippen molar-refractivity contribution in [1.82, 2.24) is 9.88 Å². The van der Waals surface area contributed by atoms with Crippen LogP contribution in [0.25, 0.3) is 10.8 Å². The molecule has 0 bridgehead atoms. The number of aryl methyl sites for hydroxylation is 1. The highest BCUT2D eigenvalue weighted by Gasteiger charge is 2.30. The zero-order valence-electron chi connectivity index (χ0n) is 26.6. The number of ether oxygens (including phenoxy) is 1. The van der Waals surface area contributed by atoms with Crippen LogP contribution in [0.3, 0.4) is 0 Å². The van der Waals surface area contributed by atoms with Crippen LogP contribution in [-0.4, -0.2) is 52.9 Å². The van der Waals surface area contributed by atoms with E-state index in [-0.39, 0.29) is 11.3 Å². The molecule has 3 atom stereocenters. The summed E-state index contributed by atoms with van der Waals surface area (Å²) < 4.78 is 17.6. The molecular weight excluding hydrogens is 586 g/mol. The van der Waals surface area contributed by atoms with Gasteiger partial charge in [-0.3, -0.25) is 13.8 Å². The van der Waals surface area contributed by atoms with Gasteiger partial charge in [0.25, 0.3) is 0 Å². The van der Waals surface area contributed by atoms with Crippen molar-refractivity contribution in [2.75, 3.05) is 37.1 Å². The molecule has 10 heteroatoms. The lowest BCUT2D eigenvalue weighted by Crippen LogP contribution is -2.17. The summed E-state index contributed by atoms with van der Waals surface area (Å²) in [5, 5.41) is 8.47. The van der Waals surface area contributed by atoms with Gasteiger partial charge >= 0.3 is 0 Å². The lowest BCUT2D eigenvalue weighted by molar-refractivity contribution is -0.117. The van der Waals surface area contributed by atoms with Crippen molar-refractivity contribution in [3.63, 3.8) is 0 Å². The molecule has 45 heavy (non-hydrogen) atoms. The third kappa shape index (κ3) is 8.89. The third-order valence-corrected chi connectivity index (χ3v) is 9.76. The first kappa shape index (κ1) is 33.6. The number of anilines is 3. The van der Waals surface area contributed by atoms with Crippen molar-refractivity contribution in [2.45, 2.75) is 62.3 Å². The van der Waals surface area contributed by atoms with Crippen molar-refractivity contribution in [3.05, 3.63) is 89.1 Å². The Labute approximate surface area is 268 Å². The molecule has 3 aromatic carbocycles. The van der Waals surface area contributed by atoms with Crippen LogP contribution >= 0.6 is 0 Å². The van der Waals surface area contributed by atoms with E-state index in [4.69, 9.17) is 10.5 Å². The molecule has 0 spiro atoms. The van der Waals surface area contributed by atoms with E-state index in [0.717, 1.165) is 52.8 Å². The van der Waals surface area contributed by atoms with Crippen LogP contribution in [0.1, 0.15) is 60.9 Å². The number of nitrogens with two attached hydrogens (primary N) is 1. The van der Waals surface area contributed by atoms with Crippen LogP contribution in [0.15, 0.2) is 71.8 Å². The standard InChI is InChI=1S/C22H27N3O.C13H16N2O3S/c1-14-11-17(5-7-20(14)15(2)13-26-4)16(3)25-19-6-8-21-18(12-19)9-10-24-22(21)23;1-15(9-17)7-10-6-11(14-8-16)2-5-13(10)19(18)12-3-4-12/h5-12,15-16,25H,13H2,1-4H3,(H2,23,24);2,5-6,8-9,12H,3-4,7H2,1H3,(H,14,16)/t15?,16-;/m0./s1. The first-order valence-corrected chi connectivity index (χ1v) is 16.3. The highest BCUT2D eigenvalue weighted by molar-refractivity contribution is 7.86. The Morgan fingerprint density at radius 3 is 2.49 bits per heavy atom. The van der Waals surface area contributed by atoms with Gasteiger partial charge in [0.05, 0.1) is 17.4 Å². The van der Waals surface area contributed by atoms with E-state index in [1.807, 2.05) is 12.1 Å². The Bertz CT molecular complexity index is 1660. The molecule has 0 saturated heterocycles. The number of carbonyl (C=O) groups is 2. The van der Waals surface area contributed by atoms with E-state index in [2.05, 4.69) is 66.7 Å². The zero-order valence-corrected chi connectivity index (χ0v) is 27.4. The summed E-state index contributed by atoms with van der Waals surface area (Å²) in [4.78, 5) is 27.6. The summed E-state index contributed by atoms with van der Waals surface area (Å²) in [5.41, 5.74) is 12.4. The fraction of sp³-hybridized carbons (Fsp3) is 0.343. The molecular formula is C35H43N5O4S. The molecule has 1 aromatic heterocycles. The fourth-order valence-corrected chi connectivity index (χ4v) is 6.82. The predicted molar refractivity (Wildman–Crippen MR) is 183 cm³/mol. The molecule has 1 aliphatic rings. The van der Waals surface area contributed by atoms with Crippen LogP contribution in [0.5, 0.6) is 0 Å². The van der Waals surface area contributed by atoms with Gasteiger partial charge in [-0.05, 0) is 96.8 Å². The van der Waals surface area contributed by atoms with Gasteiger partial charge in [0.2, 0.25) is 12.8 Å². The van der Waals surface area contributed by atoms with Crippen LogP contribution < -0.4 is 16.4 Å². The molecule has 4 aromatic rings. The molecule has 1 saturated carbocycles. The molecule has 0 aliphatic heterocycles. The number of nitrogens with zero attached hydrogens (tertiary/aromatic N) is 2. The molecule has 1 aliphatic carbocycles. The van der Waals surface area contributed by atoms with Crippen LogP contribution in [0, 0.1) is 6.92 Å². The number of fused-ring (bicyclic) bond motifs is 1. The van der Waals surface area contributed by atoms with Crippen LogP contribution in [0.2, 0.25) is 0 Å². The van der Waals surface area contributed by atoms with Gasteiger partial charge in [0.15, 0.2) is 0 Å². The van der Waals surface area contributed by atoms with Gasteiger partial charge in [-0.2, -0.15) is 0 Å². The minimum Gasteiger partial charge on any atom is -0.384 e. The Balaban J connectivity index is 0.000000215. The van der Waals surface area contributed by atoms with E-state index in [0.29, 0.717) is 30.4 Å². The second-order valence-electron chi connectivity index (χ2n) is 11.6. The molecule has 9 nitrogen and oxygen atoms in total. The van der Waals surface area contributed by atoms with E-state index in [1.165, 1.54) is 21.6 Å². The van der Waals surface area contributed by atoms with Gasteiger partial charge < -0.3 is 26.0 Å². The summed E-state index contributed by atoms with van der Waals surface area (Å²) in [6.45, 7) is 7.67. The Morgan fingerprint density at radius 1 is 1.07 bits per heavy atom. The average molecular weight is 630 g/mol. The predicted octanol–water partition coefficient (Wildman–Crippen LogP) is 6.16. The second-order valence-corrected chi connectivity index (χ2v) is 13.3. The number of amides is 2. The minimum atomic E-state index is -1.02. The first-order chi connectivity index (χ1) is 21.6. The normalized spacial score (nSPS) is 14.4. The van der Waals surface area contributed by atoms with Gasteiger partial charge in [0.1, 0.15) is 5.82 Å². The molecule has 238 valence electrons. The van der Waals surface area contributed by atoms with E-state index in [1.54, 1.807) is 38.6 Å². The molecule has 5 rings (SSSR count). The van der Waals surface area contributed by atoms with Gasteiger partial charge in [-0.25, -0.2) is 4.98 Å². The van der Waals surface area contributed by atoms with E-state index < -0.39 is 10.8 Å². The zero-order chi connectivity index (χ0) is 32.5. The number of nitrogens with one attached hydrogen (secondary N) is 2. The van der Waals surface area contributed by atoms with Crippen LogP contribution in [0.4, 0.5) is 17.2 Å². The third-order valence-electron chi connectivity index (χ3n) is 7.85. The monoisotopic (exact) mass is 629 g/mol. The second kappa shape index (κ2) is 15.6. The number of hydrogen-bond acceptors (Lipinski definition) is 7. The van der Waals surface area contributed by atoms with Crippen molar-refractivity contribution in [2.24, 2.45) is 0 Å². The molecule has 2 amide bonds. The topological polar surface area (TPSA) is 127 Å². The maximum atomic E-state index is 12.3. The highest BCUT2D eigenvalue weighted by atomic mass is 32.2. The van der Waals surface area contributed by atoms with Gasteiger partial charge in [-0.1, -0.05) is 25.1 Å². The maximum Gasteiger partial charge on any atom is 0.211 e. The number of hydrogen-bond donors (Lipinski definition) is 3. The number of methoxy groups -OCH3 is 1. The number of aromatic nitrogens is 1. The smallest absolute Gasteiger partial charge is 0.211 e. The highest BCUT2D eigenvalue weighted by Crippen LogP contribution is 2.33. The number of carbonyl (C=O) groups excluding carboxylic acids is 2. The summed E-state index contributed by atoms with van der Waals surface area (Å²) in [5.74, 6) is 0.968. The Hall–Kier alpha value is -4.28. The molecule has 1 fully saturated rings. The minimum absolute atomic E-state index is 0.206. The average Bonchev–Trinajstić information content (AvgIpc) is 3.87. The lowest BCUT2D eigenvalue weighted by Gasteiger charge is -2.20. The summed E-state index contributed by atoms with van der Waals surface area (Å²) >= 11 is 0. The van der Waals surface area contributed by atoms with Crippen molar-refractivity contribution < 1.29 is 18.5 Å². The Morgan fingerprint density at radius 2 is 1.82 bits per heavy atom. The first-order valence-electron chi connectivity index (χ1n) is 15.0. The quantitative estimate of drug-likeness (QED) is 0.151. The molecule has 4 N–H and O–H groups in total.